The van der Waals surface area contributed by atoms with Crippen LogP contribution in [0.5, 0.6) is 0 Å². The number of allylic oxidation sites excluding steroid dienone is 2. The Morgan fingerprint density at radius 2 is 1.38 bits per heavy atom. The van der Waals surface area contributed by atoms with Crippen molar-refractivity contribution in [2.75, 3.05) is 6.54 Å². The van der Waals surface area contributed by atoms with Crippen molar-refractivity contribution in [3.63, 3.8) is 0 Å². The van der Waals surface area contributed by atoms with Crippen molar-refractivity contribution < 1.29 is 4.79 Å². The van der Waals surface area contributed by atoms with Crippen LogP contribution < -0.4 is 0 Å². The first-order chi connectivity index (χ1) is 11.8. The quantitative estimate of drug-likeness (QED) is 0.176. The van der Waals surface area contributed by atoms with E-state index in [1.165, 1.54) is 77.0 Å². The van der Waals surface area contributed by atoms with Crippen LogP contribution in [0, 0.1) is 0 Å². The molecule has 0 bridgehead atoms. The molecule has 0 aromatic heterocycles. The van der Waals surface area contributed by atoms with Gasteiger partial charge in [-0.15, -0.1) is 0 Å². The minimum absolute atomic E-state index is 0.388. The largest absolute Gasteiger partial charge is 0.336 e. The van der Waals surface area contributed by atoms with Crippen molar-refractivity contribution in [2.24, 2.45) is 0 Å². The Labute approximate surface area is 151 Å². The Kier molecular flexibility index (Phi) is 12.9. The number of carbonyl (C=O) groups is 1. The van der Waals surface area contributed by atoms with Gasteiger partial charge in [-0.2, -0.15) is 0 Å². The maximum Gasteiger partial charge on any atom is 0.222 e. The molecule has 1 fully saturated rings. The Balaban J connectivity index is 1.76. The third-order valence-electron chi connectivity index (χ3n) is 5.16. The number of hydrogen-bond donors (Lipinski definition) is 0. The van der Waals surface area contributed by atoms with Crippen LogP contribution in [0.1, 0.15) is 110 Å². The maximum absolute atomic E-state index is 11.8. The van der Waals surface area contributed by atoms with Gasteiger partial charge in [0.25, 0.3) is 0 Å². The summed E-state index contributed by atoms with van der Waals surface area (Å²) in [6, 6.07) is 0.570. The van der Waals surface area contributed by atoms with Gasteiger partial charge in [-0.3, -0.25) is 4.79 Å². The second kappa shape index (κ2) is 14.5. The topological polar surface area (TPSA) is 20.1 Å². The normalized spacial score (nSPS) is 16.9. The molecule has 140 valence electrons. The zero-order chi connectivity index (χ0) is 17.5. The molecular formula is C22H41NO. The molecule has 1 aliphatic heterocycles. The van der Waals surface area contributed by atoms with Crippen LogP contribution in [-0.2, 0) is 4.79 Å². The Hall–Kier alpha value is -0.790. The number of rotatable bonds is 16. The first-order valence-corrected chi connectivity index (χ1v) is 10.7. The lowest BCUT2D eigenvalue weighted by Gasteiger charge is -2.03. The molecule has 0 aromatic carbocycles. The summed E-state index contributed by atoms with van der Waals surface area (Å²) in [7, 11) is 0. The molecule has 0 N–H and O–H groups in total. The van der Waals surface area contributed by atoms with Gasteiger partial charge >= 0.3 is 0 Å². The fourth-order valence-corrected chi connectivity index (χ4v) is 3.33. The van der Waals surface area contributed by atoms with E-state index in [9.17, 15) is 4.79 Å². The zero-order valence-electron chi connectivity index (χ0n) is 16.4. The molecule has 1 rings (SSSR count). The average molecular weight is 336 g/mol. The molecule has 1 aliphatic rings. The third kappa shape index (κ3) is 10.9. The third-order valence-corrected chi connectivity index (χ3v) is 5.16. The van der Waals surface area contributed by atoms with Crippen molar-refractivity contribution in [1.82, 2.24) is 4.90 Å². The highest BCUT2D eigenvalue weighted by atomic mass is 16.2. The van der Waals surface area contributed by atoms with Gasteiger partial charge in [-0.05, 0) is 38.5 Å². The van der Waals surface area contributed by atoms with Crippen LogP contribution in [-0.4, -0.2) is 23.4 Å². The van der Waals surface area contributed by atoms with Crippen molar-refractivity contribution in [2.45, 2.75) is 116 Å². The van der Waals surface area contributed by atoms with Crippen LogP contribution in [0.2, 0.25) is 0 Å². The fourth-order valence-electron chi connectivity index (χ4n) is 3.33. The van der Waals surface area contributed by atoms with Gasteiger partial charge in [0.15, 0.2) is 0 Å². The highest BCUT2D eigenvalue weighted by molar-refractivity contribution is 5.78. The molecule has 1 unspecified atom stereocenters. The minimum Gasteiger partial charge on any atom is -0.336 e. The van der Waals surface area contributed by atoms with Crippen LogP contribution in [0.15, 0.2) is 12.2 Å². The fraction of sp³-hybridized carbons (Fsp3) is 0.864. The number of amides is 1. The first-order valence-electron chi connectivity index (χ1n) is 10.7. The molecule has 1 atom stereocenters. The molecular weight excluding hydrogens is 294 g/mol. The van der Waals surface area contributed by atoms with Crippen molar-refractivity contribution in [3.8, 4) is 0 Å². The molecule has 0 aromatic rings. The van der Waals surface area contributed by atoms with Crippen molar-refractivity contribution >= 4 is 5.91 Å². The summed E-state index contributed by atoms with van der Waals surface area (Å²) in [5, 5.41) is 0. The lowest BCUT2D eigenvalue weighted by Crippen LogP contribution is -2.12. The maximum atomic E-state index is 11.8. The Morgan fingerprint density at radius 1 is 0.833 bits per heavy atom. The first kappa shape index (κ1) is 21.3. The number of hydrogen-bond acceptors (Lipinski definition) is 1. The molecule has 24 heavy (non-hydrogen) atoms. The number of unbranched alkanes of at least 4 members (excludes halogenated alkanes) is 11. The molecule has 0 radical (unpaired) electrons. The predicted octanol–water partition coefficient (Wildman–Crippen LogP) is 6.64. The van der Waals surface area contributed by atoms with Crippen LogP contribution >= 0.6 is 0 Å². The number of nitrogens with zero attached hydrogens (tertiary/aromatic N) is 1. The number of carbonyl (C=O) groups excluding carboxylic acids is 1. The Bertz CT molecular complexity index is 337. The zero-order valence-corrected chi connectivity index (χ0v) is 16.4. The smallest absolute Gasteiger partial charge is 0.222 e. The van der Waals surface area contributed by atoms with E-state index in [2.05, 4.69) is 26.0 Å². The van der Waals surface area contributed by atoms with Gasteiger partial charge in [0, 0.05) is 19.0 Å². The molecule has 0 aliphatic carbocycles. The van der Waals surface area contributed by atoms with E-state index in [1.54, 1.807) is 0 Å². The minimum atomic E-state index is 0.388. The summed E-state index contributed by atoms with van der Waals surface area (Å²) in [5.74, 6) is 0.388. The van der Waals surface area contributed by atoms with E-state index in [4.69, 9.17) is 0 Å². The summed E-state index contributed by atoms with van der Waals surface area (Å²) in [4.78, 5) is 13.9. The summed E-state index contributed by atoms with van der Waals surface area (Å²) >= 11 is 0. The van der Waals surface area contributed by atoms with E-state index in [1.807, 2.05) is 4.90 Å². The predicted molar refractivity (Wildman–Crippen MR) is 105 cm³/mol. The standard InChI is InChI=1S/C22H41NO/c1-3-5-6-7-8-9-10-11-12-13-14-15-16-17-18-19-22(24)23-20-21(23)4-2/h11-12,21H,3-10,13-20H2,1-2H3. The Morgan fingerprint density at radius 3 is 1.92 bits per heavy atom. The molecule has 1 heterocycles. The van der Waals surface area contributed by atoms with Gasteiger partial charge in [-0.1, -0.05) is 77.4 Å². The van der Waals surface area contributed by atoms with E-state index >= 15 is 0 Å². The molecule has 1 amide bonds. The van der Waals surface area contributed by atoms with E-state index < -0.39 is 0 Å². The van der Waals surface area contributed by atoms with E-state index in [0.29, 0.717) is 11.9 Å². The van der Waals surface area contributed by atoms with E-state index in [-0.39, 0.29) is 0 Å². The van der Waals surface area contributed by atoms with Gasteiger partial charge in [0.1, 0.15) is 0 Å². The highest BCUT2D eigenvalue weighted by Crippen LogP contribution is 2.22. The van der Waals surface area contributed by atoms with Crippen LogP contribution in [0.25, 0.3) is 0 Å². The van der Waals surface area contributed by atoms with Gasteiger partial charge in [-0.25, -0.2) is 0 Å². The lowest BCUT2D eigenvalue weighted by molar-refractivity contribution is -0.126. The second-order valence-corrected chi connectivity index (χ2v) is 7.44. The average Bonchev–Trinajstić information content (AvgIpc) is 3.38. The molecule has 1 saturated heterocycles. The van der Waals surface area contributed by atoms with Gasteiger partial charge in [0.2, 0.25) is 5.91 Å². The molecule has 0 spiro atoms. The molecule has 2 heteroatoms. The summed E-state index contributed by atoms with van der Waals surface area (Å²) in [6.45, 7) is 5.45. The summed E-state index contributed by atoms with van der Waals surface area (Å²) < 4.78 is 0. The van der Waals surface area contributed by atoms with E-state index in [0.717, 1.165) is 25.8 Å². The monoisotopic (exact) mass is 335 g/mol. The van der Waals surface area contributed by atoms with Gasteiger partial charge in [0.05, 0.1) is 0 Å². The van der Waals surface area contributed by atoms with Crippen LogP contribution in [0.3, 0.4) is 0 Å². The highest BCUT2D eigenvalue weighted by Gasteiger charge is 2.35. The summed E-state index contributed by atoms with van der Waals surface area (Å²) in [6.07, 6.45) is 23.7. The lowest BCUT2D eigenvalue weighted by atomic mass is 10.1. The van der Waals surface area contributed by atoms with Gasteiger partial charge < -0.3 is 4.90 Å². The SMILES string of the molecule is CCCCCCCCC=CCCCCCCCC(=O)N1CC1CC. The molecule has 2 nitrogen and oxygen atoms in total. The summed E-state index contributed by atoms with van der Waals surface area (Å²) in [5.41, 5.74) is 0. The molecule has 0 saturated carbocycles. The second-order valence-electron chi connectivity index (χ2n) is 7.44. The van der Waals surface area contributed by atoms with Crippen molar-refractivity contribution in [3.05, 3.63) is 12.2 Å². The van der Waals surface area contributed by atoms with Crippen LogP contribution in [0.4, 0.5) is 0 Å². The van der Waals surface area contributed by atoms with Crippen molar-refractivity contribution in [1.29, 1.82) is 0 Å².